The highest BCUT2D eigenvalue weighted by atomic mass is 16.1. The molecule has 0 bridgehead atoms. The van der Waals surface area contributed by atoms with Gasteiger partial charge in [-0.2, -0.15) is 4.98 Å². The van der Waals surface area contributed by atoms with Crippen LogP contribution in [0.25, 0.3) is 0 Å². The topological polar surface area (TPSA) is 58.1 Å². The van der Waals surface area contributed by atoms with E-state index < -0.39 is 0 Å². The molecule has 1 aliphatic carbocycles. The van der Waals surface area contributed by atoms with Crippen LogP contribution in [0.3, 0.4) is 0 Å². The van der Waals surface area contributed by atoms with Crippen LogP contribution >= 0.6 is 0 Å². The number of carbonyl (C=O) groups excluding carboxylic acids is 1. The van der Waals surface area contributed by atoms with E-state index in [2.05, 4.69) is 22.1 Å². The normalized spacial score (nSPS) is 22.1. The van der Waals surface area contributed by atoms with Crippen LogP contribution in [0, 0.1) is 0 Å². The first-order valence-electron chi connectivity index (χ1n) is 8.15. The Kier molecular flexibility index (Phi) is 4.08. The fourth-order valence-corrected chi connectivity index (χ4v) is 3.33. The molecule has 2 aliphatic rings. The van der Waals surface area contributed by atoms with Crippen LogP contribution in [0.2, 0.25) is 0 Å². The predicted octanol–water partition coefficient (Wildman–Crippen LogP) is 2.81. The highest BCUT2D eigenvalue weighted by Crippen LogP contribution is 2.29. The quantitative estimate of drug-likeness (QED) is 0.927. The lowest BCUT2D eigenvalue weighted by molar-refractivity contribution is 0.0972. The van der Waals surface area contributed by atoms with E-state index in [1.54, 1.807) is 0 Å². The van der Waals surface area contributed by atoms with Crippen LogP contribution < -0.4 is 10.2 Å². The Morgan fingerprint density at radius 3 is 2.86 bits per heavy atom. The minimum atomic E-state index is 0.186. The molecule has 1 aromatic rings. The molecule has 0 amide bonds. The first-order chi connectivity index (χ1) is 10.2. The number of carbonyl (C=O) groups is 1. The summed E-state index contributed by atoms with van der Waals surface area (Å²) in [7, 11) is 0. The molecule has 1 fully saturated rings. The molecular weight excluding hydrogens is 264 g/mol. The molecule has 114 valence electrons. The van der Waals surface area contributed by atoms with Crippen molar-refractivity contribution in [2.45, 2.75) is 58.4 Å². The van der Waals surface area contributed by atoms with Crippen LogP contribution in [0.1, 0.15) is 62.0 Å². The van der Waals surface area contributed by atoms with Gasteiger partial charge in [0.25, 0.3) is 0 Å². The average molecular weight is 288 g/mol. The second-order valence-corrected chi connectivity index (χ2v) is 6.04. The summed E-state index contributed by atoms with van der Waals surface area (Å²) < 4.78 is 0. The molecule has 0 saturated carbocycles. The Hall–Kier alpha value is -1.65. The number of ketones is 1. The highest BCUT2D eigenvalue weighted by molar-refractivity contribution is 6.02. The summed E-state index contributed by atoms with van der Waals surface area (Å²) in [5, 5.41) is 3.26. The fourth-order valence-electron chi connectivity index (χ4n) is 3.33. The van der Waals surface area contributed by atoms with Crippen molar-refractivity contribution in [2.24, 2.45) is 0 Å². The summed E-state index contributed by atoms with van der Waals surface area (Å²) in [6.45, 7) is 6.05. The number of rotatable bonds is 3. The molecule has 21 heavy (non-hydrogen) atoms. The predicted molar refractivity (Wildman–Crippen MR) is 84.1 cm³/mol. The monoisotopic (exact) mass is 288 g/mol. The number of aryl methyl sites for hydroxylation is 1. The van der Waals surface area contributed by atoms with Gasteiger partial charge < -0.3 is 10.2 Å². The molecule has 1 aromatic heterocycles. The Labute approximate surface area is 126 Å². The minimum absolute atomic E-state index is 0.186. The Balaban J connectivity index is 2.02. The van der Waals surface area contributed by atoms with Gasteiger partial charge in [-0.3, -0.25) is 4.79 Å². The van der Waals surface area contributed by atoms with Crippen molar-refractivity contribution in [1.29, 1.82) is 0 Å². The van der Waals surface area contributed by atoms with Gasteiger partial charge in [0.05, 0.1) is 11.3 Å². The van der Waals surface area contributed by atoms with Crippen molar-refractivity contribution in [2.75, 3.05) is 23.3 Å². The van der Waals surface area contributed by atoms with E-state index in [0.29, 0.717) is 12.5 Å². The lowest BCUT2D eigenvalue weighted by Gasteiger charge is -2.34. The third-order valence-corrected chi connectivity index (χ3v) is 4.47. The molecular formula is C16H24N4O. The molecule has 2 heterocycles. The lowest BCUT2D eigenvalue weighted by atomic mass is 9.95. The molecule has 0 radical (unpaired) electrons. The lowest BCUT2D eigenvalue weighted by Crippen LogP contribution is -2.39. The van der Waals surface area contributed by atoms with E-state index >= 15 is 0 Å². The maximum atomic E-state index is 12.2. The number of hydrogen-bond acceptors (Lipinski definition) is 5. The first-order valence-corrected chi connectivity index (χ1v) is 8.15. The third kappa shape index (κ3) is 2.74. The van der Waals surface area contributed by atoms with Crippen LogP contribution in [0.5, 0.6) is 0 Å². The summed E-state index contributed by atoms with van der Waals surface area (Å²) in [6, 6.07) is 0.477. The summed E-state index contributed by atoms with van der Waals surface area (Å²) in [5.41, 5.74) is 1.67. The molecule has 5 nitrogen and oxygen atoms in total. The second kappa shape index (κ2) is 6.00. The van der Waals surface area contributed by atoms with Gasteiger partial charge in [0.15, 0.2) is 5.78 Å². The zero-order chi connectivity index (χ0) is 14.8. The van der Waals surface area contributed by atoms with Crippen molar-refractivity contribution in [3.8, 4) is 0 Å². The summed E-state index contributed by atoms with van der Waals surface area (Å²) >= 11 is 0. The van der Waals surface area contributed by atoms with Crippen LogP contribution in [0.4, 0.5) is 11.8 Å². The maximum absolute atomic E-state index is 12.2. The Morgan fingerprint density at radius 1 is 1.24 bits per heavy atom. The number of nitrogens with one attached hydrogen (secondary N) is 1. The van der Waals surface area contributed by atoms with Gasteiger partial charge in [0, 0.05) is 25.6 Å². The van der Waals surface area contributed by atoms with E-state index in [4.69, 9.17) is 4.98 Å². The van der Waals surface area contributed by atoms with E-state index in [9.17, 15) is 4.79 Å². The third-order valence-electron chi connectivity index (χ3n) is 4.47. The number of aromatic nitrogens is 2. The van der Waals surface area contributed by atoms with Gasteiger partial charge in [-0.15, -0.1) is 0 Å². The van der Waals surface area contributed by atoms with Crippen LogP contribution in [-0.4, -0.2) is 34.9 Å². The van der Waals surface area contributed by atoms with Crippen molar-refractivity contribution >= 4 is 17.5 Å². The van der Waals surface area contributed by atoms with E-state index in [1.165, 1.54) is 19.3 Å². The molecule has 5 heteroatoms. The van der Waals surface area contributed by atoms with Crippen molar-refractivity contribution in [3.05, 3.63) is 11.3 Å². The van der Waals surface area contributed by atoms with Crippen LogP contribution in [0.15, 0.2) is 0 Å². The SMILES string of the molecule is CCNc1nc(N2CCCC[C@@H]2C)nc2c1C(=O)CCC2. The number of piperidine rings is 1. The maximum Gasteiger partial charge on any atom is 0.227 e. The Morgan fingerprint density at radius 2 is 2.10 bits per heavy atom. The summed E-state index contributed by atoms with van der Waals surface area (Å²) in [6.07, 6.45) is 6.08. The van der Waals surface area contributed by atoms with Crippen LogP contribution in [-0.2, 0) is 6.42 Å². The van der Waals surface area contributed by atoms with Crippen molar-refractivity contribution in [3.63, 3.8) is 0 Å². The standard InChI is InChI=1S/C16H24N4O/c1-3-17-15-14-12(8-6-9-13(14)21)18-16(19-15)20-10-5-4-7-11(20)2/h11H,3-10H2,1-2H3,(H,17,18,19)/t11-/m0/s1. The first kappa shape index (κ1) is 14.3. The smallest absolute Gasteiger partial charge is 0.227 e. The number of hydrogen-bond donors (Lipinski definition) is 1. The van der Waals surface area contributed by atoms with E-state index in [1.807, 2.05) is 6.92 Å². The number of anilines is 2. The number of Topliss-reactive ketones (excluding diaryl/α,β-unsaturated/α-hetero) is 1. The zero-order valence-electron chi connectivity index (χ0n) is 13.0. The average Bonchev–Trinajstić information content (AvgIpc) is 2.48. The summed E-state index contributed by atoms with van der Waals surface area (Å²) in [5.74, 6) is 1.72. The molecule has 1 saturated heterocycles. The molecule has 0 spiro atoms. The van der Waals surface area contributed by atoms with Gasteiger partial charge in [-0.05, 0) is 46.0 Å². The zero-order valence-corrected chi connectivity index (χ0v) is 13.0. The van der Waals surface area contributed by atoms with Gasteiger partial charge >= 0.3 is 0 Å². The largest absolute Gasteiger partial charge is 0.370 e. The summed E-state index contributed by atoms with van der Waals surface area (Å²) in [4.78, 5) is 23.9. The van der Waals surface area contributed by atoms with Gasteiger partial charge in [-0.25, -0.2) is 4.98 Å². The second-order valence-electron chi connectivity index (χ2n) is 6.04. The van der Waals surface area contributed by atoms with Crippen molar-refractivity contribution < 1.29 is 4.79 Å². The van der Waals surface area contributed by atoms with Crippen molar-refractivity contribution in [1.82, 2.24) is 9.97 Å². The molecule has 1 aliphatic heterocycles. The van der Waals surface area contributed by atoms with Gasteiger partial charge in [-0.1, -0.05) is 0 Å². The molecule has 3 rings (SSSR count). The number of nitrogens with zero attached hydrogens (tertiary/aromatic N) is 3. The molecule has 0 unspecified atom stereocenters. The highest BCUT2D eigenvalue weighted by Gasteiger charge is 2.27. The van der Waals surface area contributed by atoms with E-state index in [0.717, 1.165) is 49.0 Å². The fraction of sp³-hybridized carbons (Fsp3) is 0.688. The Bertz CT molecular complexity index is 543. The minimum Gasteiger partial charge on any atom is -0.370 e. The van der Waals surface area contributed by atoms with E-state index in [-0.39, 0.29) is 5.78 Å². The molecule has 0 aromatic carbocycles. The molecule has 1 N–H and O–H groups in total. The molecule has 1 atom stereocenters. The number of fused-ring (bicyclic) bond motifs is 1. The van der Waals surface area contributed by atoms with Gasteiger partial charge in [0.1, 0.15) is 5.82 Å². The van der Waals surface area contributed by atoms with Gasteiger partial charge in [0.2, 0.25) is 5.95 Å².